The molecule has 0 bridgehead atoms. The zero-order valence-corrected chi connectivity index (χ0v) is 19.0. The van der Waals surface area contributed by atoms with Crippen LogP contribution in [0.3, 0.4) is 0 Å². The van der Waals surface area contributed by atoms with E-state index in [4.69, 9.17) is 47.9 Å². The second kappa shape index (κ2) is 7.28. The van der Waals surface area contributed by atoms with Crippen LogP contribution in [0.2, 0.25) is 10.0 Å². The van der Waals surface area contributed by atoms with Crippen molar-refractivity contribution in [3.8, 4) is 0 Å². The van der Waals surface area contributed by atoms with Gasteiger partial charge >= 0.3 is 0 Å². The van der Waals surface area contributed by atoms with E-state index in [0.717, 1.165) is 22.9 Å². The van der Waals surface area contributed by atoms with Gasteiger partial charge in [-0.15, -0.1) is 0 Å². The molecule has 3 aromatic rings. The smallest absolute Gasteiger partial charge is 0.164 e. The van der Waals surface area contributed by atoms with Gasteiger partial charge in [-0.25, -0.2) is 9.97 Å². The number of hydrogen-bond donors (Lipinski definition) is 1. The lowest BCUT2D eigenvalue weighted by Crippen LogP contribution is -2.37. The number of nitrogen functional groups attached to an aromatic ring is 1. The summed E-state index contributed by atoms with van der Waals surface area (Å²) in [6, 6.07) is 5.66. The van der Waals surface area contributed by atoms with E-state index >= 15 is 0 Å². The lowest BCUT2D eigenvalue weighted by atomic mass is 9.92. The molecule has 0 saturated carbocycles. The molecule has 5 heterocycles. The molecular formula is C22H22Cl2N4O4. The van der Waals surface area contributed by atoms with Crippen molar-refractivity contribution in [2.45, 2.75) is 56.7 Å². The first-order chi connectivity index (χ1) is 15.3. The molecule has 2 saturated heterocycles. The molecule has 3 aliphatic rings. The number of benzene rings is 1. The van der Waals surface area contributed by atoms with Crippen LogP contribution >= 0.6 is 23.2 Å². The van der Waals surface area contributed by atoms with Crippen molar-refractivity contribution < 1.29 is 18.9 Å². The Bertz CT molecular complexity index is 1220. The minimum atomic E-state index is -0.762. The van der Waals surface area contributed by atoms with Gasteiger partial charge in [0.2, 0.25) is 0 Å². The first kappa shape index (κ1) is 20.7. The third-order valence-corrected chi connectivity index (χ3v) is 7.06. The molecule has 5 atom stereocenters. The number of aromatic nitrogens is 3. The number of nitrogens with two attached hydrogens (primary N) is 1. The molecule has 2 N–H and O–H groups in total. The van der Waals surface area contributed by atoms with E-state index in [9.17, 15) is 0 Å². The minimum absolute atomic E-state index is 0.350. The van der Waals surface area contributed by atoms with Crippen LogP contribution in [0.5, 0.6) is 0 Å². The Kier molecular flexibility index (Phi) is 4.70. The maximum Gasteiger partial charge on any atom is 0.164 e. The van der Waals surface area contributed by atoms with Gasteiger partial charge in [0.1, 0.15) is 42.2 Å². The molecule has 168 valence electrons. The van der Waals surface area contributed by atoms with Gasteiger partial charge in [0.25, 0.3) is 0 Å². The third kappa shape index (κ3) is 3.13. The monoisotopic (exact) mass is 476 g/mol. The lowest BCUT2D eigenvalue weighted by molar-refractivity contribution is -0.212. The summed E-state index contributed by atoms with van der Waals surface area (Å²) < 4.78 is 27.3. The zero-order chi connectivity index (χ0) is 22.2. The van der Waals surface area contributed by atoms with E-state index in [1.54, 1.807) is 0 Å². The number of anilines is 1. The first-order valence-corrected chi connectivity index (χ1v) is 11.3. The highest BCUT2D eigenvalue weighted by Gasteiger charge is 2.58. The second-order valence-corrected chi connectivity index (χ2v) is 9.60. The Balaban J connectivity index is 1.43. The van der Waals surface area contributed by atoms with Crippen molar-refractivity contribution in [1.82, 2.24) is 14.5 Å². The van der Waals surface area contributed by atoms with Gasteiger partial charge in [-0.2, -0.15) is 0 Å². The van der Waals surface area contributed by atoms with Crippen molar-refractivity contribution in [2.24, 2.45) is 0 Å². The molecule has 32 heavy (non-hydrogen) atoms. The van der Waals surface area contributed by atoms with E-state index in [-0.39, 0.29) is 18.3 Å². The number of nitrogens with zero attached hydrogens (tertiary/aromatic N) is 3. The standard InChI is InChI=1S/C22H22Cl2N4O4/c1-22(2)31-17-16(15-12-8-14(24)13(23)7-10(12)4-6-29-15)30-21(18(17)32-22)28-5-3-11-19(25)26-9-27-20(11)28/h3,5,7-9,15-18,21H,4,6H2,1-2H3,(H2,25,26,27)/t15-,16+,17-,18-,21-/m1/s1. The summed E-state index contributed by atoms with van der Waals surface area (Å²) >= 11 is 12.6. The van der Waals surface area contributed by atoms with Crippen LogP contribution in [0.4, 0.5) is 5.82 Å². The summed E-state index contributed by atoms with van der Waals surface area (Å²) in [5.74, 6) is -0.346. The average Bonchev–Trinajstić information content (AvgIpc) is 3.40. The number of hydrogen-bond acceptors (Lipinski definition) is 7. The van der Waals surface area contributed by atoms with Crippen LogP contribution in [-0.2, 0) is 25.4 Å². The van der Waals surface area contributed by atoms with Crippen LogP contribution in [0.15, 0.2) is 30.7 Å². The van der Waals surface area contributed by atoms with Crippen LogP contribution in [0, 0.1) is 0 Å². The van der Waals surface area contributed by atoms with Gasteiger partial charge < -0.3 is 29.2 Å². The topological polar surface area (TPSA) is 93.7 Å². The molecule has 0 amide bonds. The fourth-order valence-electron chi connectivity index (χ4n) is 5.01. The van der Waals surface area contributed by atoms with Crippen molar-refractivity contribution in [3.63, 3.8) is 0 Å². The molecule has 0 spiro atoms. The molecular weight excluding hydrogens is 455 g/mol. The Morgan fingerprint density at radius 2 is 1.88 bits per heavy atom. The Morgan fingerprint density at radius 3 is 2.72 bits per heavy atom. The van der Waals surface area contributed by atoms with Crippen LogP contribution in [0.25, 0.3) is 11.0 Å². The largest absolute Gasteiger partial charge is 0.383 e. The summed E-state index contributed by atoms with van der Waals surface area (Å²) in [6.45, 7) is 4.36. The van der Waals surface area contributed by atoms with Gasteiger partial charge in [-0.1, -0.05) is 23.2 Å². The molecule has 1 aromatic carbocycles. The summed E-state index contributed by atoms with van der Waals surface area (Å²) in [7, 11) is 0. The second-order valence-electron chi connectivity index (χ2n) is 8.78. The highest BCUT2D eigenvalue weighted by molar-refractivity contribution is 6.42. The highest BCUT2D eigenvalue weighted by Crippen LogP contribution is 2.49. The zero-order valence-electron chi connectivity index (χ0n) is 17.5. The SMILES string of the molecule is CC1(C)O[C@@H]2[C@H]([C@@H]3OCCc4cc(Cl)c(Cl)cc43)O[C@@H](n3ccc4c(N)ncnc43)[C@@H]2O1. The van der Waals surface area contributed by atoms with Crippen molar-refractivity contribution in [2.75, 3.05) is 12.3 Å². The molecule has 0 radical (unpaired) electrons. The maximum absolute atomic E-state index is 6.59. The molecule has 0 aliphatic carbocycles. The number of ether oxygens (including phenoxy) is 4. The van der Waals surface area contributed by atoms with E-state index in [0.29, 0.717) is 28.1 Å². The molecule has 10 heteroatoms. The number of fused-ring (bicyclic) bond motifs is 3. The summed E-state index contributed by atoms with van der Waals surface area (Å²) in [5.41, 5.74) is 8.78. The van der Waals surface area contributed by atoms with Crippen LogP contribution in [-0.4, -0.2) is 45.2 Å². The Labute approximate surface area is 194 Å². The molecule has 0 unspecified atom stereocenters. The Morgan fingerprint density at radius 1 is 1.09 bits per heavy atom. The van der Waals surface area contributed by atoms with Crippen molar-refractivity contribution in [1.29, 1.82) is 0 Å². The van der Waals surface area contributed by atoms with E-state index in [2.05, 4.69) is 9.97 Å². The highest BCUT2D eigenvalue weighted by atomic mass is 35.5. The summed E-state index contributed by atoms with van der Waals surface area (Å²) in [5, 5.41) is 1.78. The molecule has 2 fully saturated rings. The molecule has 2 aromatic heterocycles. The van der Waals surface area contributed by atoms with E-state index in [1.165, 1.54) is 6.33 Å². The van der Waals surface area contributed by atoms with Crippen molar-refractivity contribution in [3.05, 3.63) is 51.9 Å². The van der Waals surface area contributed by atoms with Gasteiger partial charge in [-0.3, -0.25) is 0 Å². The molecule has 6 rings (SSSR count). The summed E-state index contributed by atoms with van der Waals surface area (Å²) in [6.07, 6.45) is 2.12. The van der Waals surface area contributed by atoms with Gasteiger partial charge in [-0.05, 0) is 49.6 Å². The van der Waals surface area contributed by atoms with Crippen LogP contribution < -0.4 is 5.73 Å². The third-order valence-electron chi connectivity index (χ3n) is 6.34. The maximum atomic E-state index is 6.59. The van der Waals surface area contributed by atoms with E-state index < -0.39 is 18.1 Å². The molecule has 3 aliphatic heterocycles. The van der Waals surface area contributed by atoms with Crippen LogP contribution in [0.1, 0.15) is 37.3 Å². The summed E-state index contributed by atoms with van der Waals surface area (Å²) in [4.78, 5) is 8.50. The Hall–Kier alpha value is -1.94. The average molecular weight is 477 g/mol. The van der Waals surface area contributed by atoms with Gasteiger partial charge in [0, 0.05) is 6.20 Å². The number of rotatable bonds is 2. The van der Waals surface area contributed by atoms with Crippen molar-refractivity contribution >= 4 is 40.1 Å². The quantitative estimate of drug-likeness (QED) is 0.595. The number of halogens is 2. The predicted octanol–water partition coefficient (Wildman–Crippen LogP) is 4.05. The molecule has 8 nitrogen and oxygen atoms in total. The fourth-order valence-corrected chi connectivity index (χ4v) is 5.37. The van der Waals surface area contributed by atoms with Gasteiger partial charge in [0.05, 0.1) is 22.0 Å². The predicted molar refractivity (Wildman–Crippen MR) is 119 cm³/mol. The normalized spacial score (nSPS) is 31.1. The minimum Gasteiger partial charge on any atom is -0.383 e. The fraction of sp³-hybridized carbons (Fsp3) is 0.455. The van der Waals surface area contributed by atoms with Gasteiger partial charge in [0.15, 0.2) is 12.0 Å². The first-order valence-electron chi connectivity index (χ1n) is 10.5. The lowest BCUT2D eigenvalue weighted by Gasteiger charge is -2.33. The van der Waals surface area contributed by atoms with E-state index in [1.807, 2.05) is 42.8 Å².